The predicted molar refractivity (Wildman–Crippen MR) is 79.0 cm³/mol. The minimum atomic E-state index is -3.22. The molecule has 1 fully saturated rings. The molecular weight excluding hydrogens is 276 g/mol. The van der Waals surface area contributed by atoms with E-state index in [9.17, 15) is 8.42 Å². The highest BCUT2D eigenvalue weighted by Crippen LogP contribution is 2.40. The van der Waals surface area contributed by atoms with E-state index < -0.39 is 10.0 Å². The SMILES string of the molecule is CNS(=O)(=O)CCn1c(C2CC2)nc2cc(N)ccc21. The van der Waals surface area contributed by atoms with E-state index in [4.69, 9.17) is 5.73 Å². The van der Waals surface area contributed by atoms with Crippen LogP contribution in [0, 0.1) is 0 Å². The van der Waals surface area contributed by atoms with Gasteiger partial charge in [-0.3, -0.25) is 0 Å². The third-order valence-electron chi connectivity index (χ3n) is 3.64. The van der Waals surface area contributed by atoms with Gasteiger partial charge in [0.15, 0.2) is 0 Å². The number of aryl methyl sites for hydroxylation is 1. The quantitative estimate of drug-likeness (QED) is 0.806. The molecule has 0 radical (unpaired) electrons. The summed E-state index contributed by atoms with van der Waals surface area (Å²) < 4.78 is 27.6. The van der Waals surface area contributed by atoms with Gasteiger partial charge in [0.1, 0.15) is 5.82 Å². The maximum atomic E-state index is 11.6. The molecule has 1 saturated carbocycles. The monoisotopic (exact) mass is 294 g/mol. The Balaban J connectivity index is 2.01. The van der Waals surface area contributed by atoms with E-state index in [1.54, 1.807) is 0 Å². The number of nitrogens with zero attached hydrogens (tertiary/aromatic N) is 2. The van der Waals surface area contributed by atoms with Crippen LogP contribution in [0.5, 0.6) is 0 Å². The fourth-order valence-electron chi connectivity index (χ4n) is 2.37. The largest absolute Gasteiger partial charge is 0.399 e. The topological polar surface area (TPSA) is 90.0 Å². The van der Waals surface area contributed by atoms with Crippen molar-refractivity contribution in [3.05, 3.63) is 24.0 Å². The fraction of sp³-hybridized carbons (Fsp3) is 0.462. The molecule has 1 aliphatic carbocycles. The average Bonchev–Trinajstić information content (AvgIpc) is 3.19. The molecule has 2 aromatic rings. The van der Waals surface area contributed by atoms with Crippen molar-refractivity contribution in [2.24, 2.45) is 0 Å². The first-order chi connectivity index (χ1) is 9.50. The molecule has 20 heavy (non-hydrogen) atoms. The number of rotatable bonds is 5. The molecule has 6 nitrogen and oxygen atoms in total. The minimum absolute atomic E-state index is 0.0546. The van der Waals surface area contributed by atoms with Crippen molar-refractivity contribution in [1.82, 2.24) is 14.3 Å². The summed E-state index contributed by atoms with van der Waals surface area (Å²) in [6.07, 6.45) is 2.25. The Kier molecular flexibility index (Phi) is 3.18. The maximum absolute atomic E-state index is 11.6. The van der Waals surface area contributed by atoms with E-state index in [0.717, 1.165) is 29.7 Å². The average molecular weight is 294 g/mol. The van der Waals surface area contributed by atoms with Crippen molar-refractivity contribution in [1.29, 1.82) is 0 Å². The van der Waals surface area contributed by atoms with Gasteiger partial charge in [0.25, 0.3) is 0 Å². The highest BCUT2D eigenvalue weighted by molar-refractivity contribution is 7.89. The second-order valence-electron chi connectivity index (χ2n) is 5.17. The molecule has 0 amide bonds. The molecule has 0 unspecified atom stereocenters. The van der Waals surface area contributed by atoms with E-state index in [-0.39, 0.29) is 5.75 Å². The molecule has 1 heterocycles. The van der Waals surface area contributed by atoms with Crippen molar-refractivity contribution in [3.8, 4) is 0 Å². The van der Waals surface area contributed by atoms with E-state index >= 15 is 0 Å². The zero-order chi connectivity index (χ0) is 14.3. The summed E-state index contributed by atoms with van der Waals surface area (Å²) in [6.45, 7) is 0.412. The number of nitrogens with two attached hydrogens (primary N) is 1. The van der Waals surface area contributed by atoms with Crippen LogP contribution in [0.4, 0.5) is 5.69 Å². The Morgan fingerprint density at radius 3 is 2.85 bits per heavy atom. The van der Waals surface area contributed by atoms with Gasteiger partial charge in [0, 0.05) is 18.2 Å². The molecule has 7 heteroatoms. The molecule has 3 N–H and O–H groups in total. The van der Waals surface area contributed by atoms with Crippen molar-refractivity contribution in [3.63, 3.8) is 0 Å². The minimum Gasteiger partial charge on any atom is -0.399 e. The Morgan fingerprint density at radius 1 is 1.45 bits per heavy atom. The smallest absolute Gasteiger partial charge is 0.213 e. The number of aromatic nitrogens is 2. The van der Waals surface area contributed by atoms with Crippen LogP contribution in [-0.4, -0.2) is 30.8 Å². The van der Waals surface area contributed by atoms with Crippen molar-refractivity contribution < 1.29 is 8.42 Å². The van der Waals surface area contributed by atoms with E-state index in [1.807, 2.05) is 22.8 Å². The third kappa shape index (κ3) is 2.51. The molecule has 0 atom stereocenters. The summed E-state index contributed by atoms with van der Waals surface area (Å²) in [6, 6.07) is 5.57. The highest BCUT2D eigenvalue weighted by atomic mass is 32.2. The van der Waals surface area contributed by atoms with Crippen LogP contribution >= 0.6 is 0 Å². The lowest BCUT2D eigenvalue weighted by atomic mass is 10.3. The molecule has 1 aliphatic rings. The van der Waals surface area contributed by atoms with Crippen molar-refractivity contribution in [2.75, 3.05) is 18.5 Å². The van der Waals surface area contributed by atoms with Crippen LogP contribution in [-0.2, 0) is 16.6 Å². The highest BCUT2D eigenvalue weighted by Gasteiger charge is 2.29. The van der Waals surface area contributed by atoms with Gasteiger partial charge in [-0.05, 0) is 38.1 Å². The molecule has 1 aromatic carbocycles. The zero-order valence-corrected chi connectivity index (χ0v) is 12.2. The van der Waals surface area contributed by atoms with Gasteiger partial charge in [-0.1, -0.05) is 0 Å². The summed E-state index contributed by atoms with van der Waals surface area (Å²) in [4.78, 5) is 4.63. The van der Waals surface area contributed by atoms with Gasteiger partial charge in [-0.2, -0.15) is 0 Å². The van der Waals surface area contributed by atoms with Crippen LogP contribution in [0.3, 0.4) is 0 Å². The van der Waals surface area contributed by atoms with Gasteiger partial charge < -0.3 is 10.3 Å². The molecule has 108 valence electrons. The molecule has 0 bridgehead atoms. The van der Waals surface area contributed by atoms with Gasteiger partial charge in [-0.15, -0.1) is 0 Å². The summed E-state index contributed by atoms with van der Waals surface area (Å²) in [7, 11) is -1.78. The predicted octanol–water partition coefficient (Wildman–Crippen LogP) is 1.05. The van der Waals surface area contributed by atoms with Crippen molar-refractivity contribution in [2.45, 2.75) is 25.3 Å². The Bertz CT molecular complexity index is 747. The van der Waals surface area contributed by atoms with Crippen LogP contribution in [0.1, 0.15) is 24.6 Å². The number of benzene rings is 1. The number of nitrogen functional groups attached to an aromatic ring is 1. The lowest BCUT2D eigenvalue weighted by Crippen LogP contribution is -2.25. The summed E-state index contributed by atoms with van der Waals surface area (Å²) in [5.41, 5.74) is 8.25. The number of sulfonamides is 1. The molecule has 3 rings (SSSR count). The molecule has 0 aliphatic heterocycles. The van der Waals surface area contributed by atoms with Crippen LogP contribution in [0.15, 0.2) is 18.2 Å². The van der Waals surface area contributed by atoms with E-state index in [1.165, 1.54) is 7.05 Å². The Morgan fingerprint density at radius 2 is 2.20 bits per heavy atom. The Hall–Kier alpha value is -1.60. The number of anilines is 1. The summed E-state index contributed by atoms with van der Waals surface area (Å²) in [5.74, 6) is 1.50. The molecule has 1 aromatic heterocycles. The van der Waals surface area contributed by atoms with Gasteiger partial charge >= 0.3 is 0 Å². The van der Waals surface area contributed by atoms with Crippen LogP contribution in [0.2, 0.25) is 0 Å². The number of hydrogen-bond donors (Lipinski definition) is 2. The van der Waals surface area contributed by atoms with E-state index in [0.29, 0.717) is 18.2 Å². The summed E-state index contributed by atoms with van der Waals surface area (Å²) >= 11 is 0. The first-order valence-electron chi connectivity index (χ1n) is 6.67. The second-order valence-corrected chi connectivity index (χ2v) is 7.21. The van der Waals surface area contributed by atoms with Gasteiger partial charge in [-0.25, -0.2) is 18.1 Å². The van der Waals surface area contributed by atoms with Crippen LogP contribution < -0.4 is 10.5 Å². The molecule has 0 saturated heterocycles. The normalized spacial score (nSPS) is 15.8. The fourth-order valence-corrected chi connectivity index (χ4v) is 2.99. The molecule has 0 spiro atoms. The number of imidazole rings is 1. The number of fused-ring (bicyclic) bond motifs is 1. The van der Waals surface area contributed by atoms with E-state index in [2.05, 4.69) is 9.71 Å². The van der Waals surface area contributed by atoms with Crippen molar-refractivity contribution >= 4 is 26.7 Å². The summed E-state index contributed by atoms with van der Waals surface area (Å²) in [5, 5.41) is 0. The second kappa shape index (κ2) is 4.75. The lowest BCUT2D eigenvalue weighted by Gasteiger charge is -2.09. The Labute approximate surface area is 118 Å². The molecular formula is C13H18N4O2S. The maximum Gasteiger partial charge on any atom is 0.213 e. The van der Waals surface area contributed by atoms with Crippen LogP contribution in [0.25, 0.3) is 11.0 Å². The number of nitrogens with one attached hydrogen (secondary N) is 1. The van der Waals surface area contributed by atoms with Gasteiger partial charge in [0.2, 0.25) is 10.0 Å². The standard InChI is InChI=1S/C13H18N4O2S/c1-15-20(18,19)7-6-17-12-5-4-10(14)8-11(12)16-13(17)9-2-3-9/h4-5,8-9,15H,2-3,6-7,14H2,1H3. The lowest BCUT2D eigenvalue weighted by molar-refractivity contribution is 0.580. The van der Waals surface area contributed by atoms with Gasteiger partial charge in [0.05, 0.1) is 16.8 Å². The third-order valence-corrected chi connectivity index (χ3v) is 4.98. The first-order valence-corrected chi connectivity index (χ1v) is 8.32. The first kappa shape index (κ1) is 13.4. The number of hydrogen-bond acceptors (Lipinski definition) is 4. The zero-order valence-electron chi connectivity index (χ0n) is 11.3.